The van der Waals surface area contributed by atoms with Gasteiger partial charge >= 0.3 is 0 Å². The molecular weight excluding hydrogens is 466 g/mol. The van der Waals surface area contributed by atoms with E-state index in [4.69, 9.17) is 4.74 Å². The van der Waals surface area contributed by atoms with Gasteiger partial charge in [-0.2, -0.15) is 0 Å². The molecular formula is C29H29N5O3. The number of benzene rings is 3. The monoisotopic (exact) mass is 495 g/mol. The number of rotatable bonds is 7. The zero-order valence-corrected chi connectivity index (χ0v) is 21.3. The summed E-state index contributed by atoms with van der Waals surface area (Å²) in [5.74, 6) is 1.39. The summed E-state index contributed by atoms with van der Waals surface area (Å²) in [7, 11) is 0. The van der Waals surface area contributed by atoms with Crippen molar-refractivity contribution in [3.63, 3.8) is 0 Å². The summed E-state index contributed by atoms with van der Waals surface area (Å²) >= 11 is 0. The smallest absolute Gasteiger partial charge is 0.251 e. The van der Waals surface area contributed by atoms with Crippen molar-refractivity contribution in [1.29, 1.82) is 0 Å². The van der Waals surface area contributed by atoms with E-state index in [1.807, 2.05) is 64.1 Å². The van der Waals surface area contributed by atoms with Gasteiger partial charge in [-0.15, -0.1) is 0 Å². The van der Waals surface area contributed by atoms with E-state index >= 15 is 0 Å². The maximum absolute atomic E-state index is 12.5. The summed E-state index contributed by atoms with van der Waals surface area (Å²) in [6.07, 6.45) is 2.70. The molecule has 8 heteroatoms. The molecule has 0 radical (unpaired) electrons. The first-order valence-electron chi connectivity index (χ1n) is 11.8. The molecule has 4 aromatic rings. The SMILES string of the molecule is C=CC(=O)Nc1ccc2ncnc(Nc3ccc(Oc4cccc(C(=O)NC(C)(C)C)c4)c(C)c3)c2c1. The Morgan fingerprint density at radius 2 is 1.76 bits per heavy atom. The fraction of sp³-hybridized carbons (Fsp3) is 0.172. The number of aryl methyl sites for hydroxylation is 1. The Morgan fingerprint density at radius 1 is 0.973 bits per heavy atom. The minimum Gasteiger partial charge on any atom is -0.457 e. The van der Waals surface area contributed by atoms with Crippen LogP contribution in [0.3, 0.4) is 0 Å². The standard InChI is InChI=1S/C29H29N5O3/c1-6-26(35)32-21-10-12-24-23(16-21)27(31-17-30-24)33-20-11-13-25(18(2)14-20)37-22-9-7-8-19(15-22)28(36)34-29(3,4)5/h6-17H,1H2,2-5H3,(H,32,35)(H,34,36)(H,30,31,33). The number of anilines is 3. The summed E-state index contributed by atoms with van der Waals surface area (Å²) < 4.78 is 6.09. The Balaban J connectivity index is 1.53. The van der Waals surface area contributed by atoms with Crippen LogP contribution in [0, 0.1) is 6.92 Å². The van der Waals surface area contributed by atoms with Crippen molar-refractivity contribution in [1.82, 2.24) is 15.3 Å². The van der Waals surface area contributed by atoms with E-state index in [9.17, 15) is 9.59 Å². The van der Waals surface area contributed by atoms with E-state index in [0.29, 0.717) is 28.6 Å². The molecule has 0 fully saturated rings. The highest BCUT2D eigenvalue weighted by Gasteiger charge is 2.16. The van der Waals surface area contributed by atoms with E-state index < -0.39 is 0 Å². The first-order valence-corrected chi connectivity index (χ1v) is 11.8. The first-order chi connectivity index (χ1) is 17.6. The van der Waals surface area contributed by atoms with Gasteiger partial charge in [-0.25, -0.2) is 9.97 Å². The van der Waals surface area contributed by atoms with Gasteiger partial charge in [0.05, 0.1) is 5.52 Å². The van der Waals surface area contributed by atoms with Crippen molar-refractivity contribution in [2.45, 2.75) is 33.2 Å². The molecule has 1 aromatic heterocycles. The molecule has 1 heterocycles. The van der Waals surface area contributed by atoms with Gasteiger partial charge in [-0.1, -0.05) is 12.6 Å². The van der Waals surface area contributed by atoms with Crippen molar-refractivity contribution < 1.29 is 14.3 Å². The third-order valence-electron chi connectivity index (χ3n) is 5.34. The predicted molar refractivity (Wildman–Crippen MR) is 147 cm³/mol. The minimum absolute atomic E-state index is 0.154. The molecule has 0 aliphatic rings. The average Bonchev–Trinajstić information content (AvgIpc) is 2.85. The van der Waals surface area contributed by atoms with E-state index in [2.05, 4.69) is 32.5 Å². The Labute approximate surface area is 215 Å². The van der Waals surface area contributed by atoms with Crippen molar-refractivity contribution in [2.24, 2.45) is 0 Å². The van der Waals surface area contributed by atoms with E-state index in [-0.39, 0.29) is 17.4 Å². The largest absolute Gasteiger partial charge is 0.457 e. The summed E-state index contributed by atoms with van der Waals surface area (Å²) in [5.41, 5.74) is 3.26. The average molecular weight is 496 g/mol. The predicted octanol–water partition coefficient (Wildman–Crippen LogP) is 6.13. The van der Waals surface area contributed by atoms with Crippen LogP contribution in [-0.4, -0.2) is 27.3 Å². The van der Waals surface area contributed by atoms with E-state index in [1.54, 1.807) is 24.3 Å². The van der Waals surface area contributed by atoms with Crippen LogP contribution in [0.4, 0.5) is 17.2 Å². The summed E-state index contributed by atoms with van der Waals surface area (Å²) in [4.78, 5) is 32.9. The van der Waals surface area contributed by atoms with Gasteiger partial charge < -0.3 is 20.7 Å². The van der Waals surface area contributed by atoms with Crippen LogP contribution in [0.1, 0.15) is 36.7 Å². The zero-order valence-electron chi connectivity index (χ0n) is 21.3. The third kappa shape index (κ3) is 6.49. The van der Waals surface area contributed by atoms with Crippen LogP contribution in [0.2, 0.25) is 0 Å². The molecule has 0 spiro atoms. The lowest BCUT2D eigenvalue weighted by Gasteiger charge is -2.20. The van der Waals surface area contributed by atoms with Crippen molar-refractivity contribution >= 4 is 39.9 Å². The molecule has 0 atom stereocenters. The molecule has 0 aliphatic carbocycles. The van der Waals surface area contributed by atoms with Crippen LogP contribution >= 0.6 is 0 Å². The second-order valence-corrected chi connectivity index (χ2v) is 9.59. The van der Waals surface area contributed by atoms with Gasteiger partial charge in [0.25, 0.3) is 5.91 Å². The number of hydrogen-bond donors (Lipinski definition) is 3. The van der Waals surface area contributed by atoms with E-state index in [1.165, 1.54) is 12.4 Å². The first kappa shape index (κ1) is 25.4. The number of amides is 2. The summed E-state index contributed by atoms with van der Waals surface area (Å²) in [6.45, 7) is 11.2. The molecule has 8 nitrogen and oxygen atoms in total. The van der Waals surface area contributed by atoms with Crippen molar-refractivity contribution in [3.8, 4) is 11.5 Å². The lowest BCUT2D eigenvalue weighted by atomic mass is 10.1. The number of fused-ring (bicyclic) bond motifs is 1. The van der Waals surface area contributed by atoms with Crippen LogP contribution in [-0.2, 0) is 4.79 Å². The molecule has 4 rings (SSSR count). The molecule has 3 N–H and O–H groups in total. The van der Waals surface area contributed by atoms with Crippen molar-refractivity contribution in [3.05, 3.63) is 90.8 Å². The molecule has 37 heavy (non-hydrogen) atoms. The number of ether oxygens (including phenoxy) is 1. The number of nitrogens with one attached hydrogen (secondary N) is 3. The Hall–Kier alpha value is -4.72. The molecule has 0 aliphatic heterocycles. The van der Waals surface area contributed by atoms with E-state index in [0.717, 1.165) is 22.2 Å². The quantitative estimate of drug-likeness (QED) is 0.267. The fourth-order valence-electron chi connectivity index (χ4n) is 3.65. The van der Waals surface area contributed by atoms with Crippen LogP contribution in [0.5, 0.6) is 11.5 Å². The maximum atomic E-state index is 12.5. The minimum atomic E-state index is -0.330. The van der Waals surface area contributed by atoms with Crippen LogP contribution in [0.15, 0.2) is 79.6 Å². The van der Waals surface area contributed by atoms with Crippen molar-refractivity contribution in [2.75, 3.05) is 10.6 Å². The topological polar surface area (TPSA) is 105 Å². The van der Waals surface area contributed by atoms with Gasteiger partial charge in [0, 0.05) is 27.9 Å². The molecule has 3 aromatic carbocycles. The summed E-state index contributed by atoms with van der Waals surface area (Å²) in [6, 6.07) is 18.2. The molecule has 0 unspecified atom stereocenters. The number of carbonyl (C=O) groups is 2. The lowest BCUT2D eigenvalue weighted by molar-refractivity contribution is -0.111. The molecule has 0 saturated carbocycles. The number of aromatic nitrogens is 2. The van der Waals surface area contributed by atoms with Crippen LogP contribution in [0.25, 0.3) is 10.9 Å². The highest BCUT2D eigenvalue weighted by molar-refractivity contribution is 6.01. The number of hydrogen-bond acceptors (Lipinski definition) is 6. The second kappa shape index (κ2) is 10.5. The second-order valence-electron chi connectivity index (χ2n) is 9.59. The maximum Gasteiger partial charge on any atom is 0.251 e. The van der Waals surface area contributed by atoms with Gasteiger partial charge in [0.1, 0.15) is 23.6 Å². The number of carbonyl (C=O) groups excluding carboxylic acids is 2. The molecule has 188 valence electrons. The summed E-state index contributed by atoms with van der Waals surface area (Å²) in [5, 5.41) is 9.80. The van der Waals surface area contributed by atoms with Gasteiger partial charge in [0.15, 0.2) is 0 Å². The highest BCUT2D eigenvalue weighted by Crippen LogP contribution is 2.31. The van der Waals surface area contributed by atoms with Gasteiger partial charge in [-0.3, -0.25) is 9.59 Å². The Bertz CT molecular complexity index is 1490. The normalized spacial score (nSPS) is 11.0. The molecule has 0 saturated heterocycles. The Kier molecular flexibility index (Phi) is 7.20. The fourth-order valence-corrected chi connectivity index (χ4v) is 3.65. The molecule has 0 bridgehead atoms. The highest BCUT2D eigenvalue weighted by atomic mass is 16.5. The zero-order chi connectivity index (χ0) is 26.6. The van der Waals surface area contributed by atoms with Gasteiger partial charge in [0.2, 0.25) is 5.91 Å². The Morgan fingerprint density at radius 3 is 2.49 bits per heavy atom. The lowest BCUT2D eigenvalue weighted by Crippen LogP contribution is -2.40. The van der Waals surface area contributed by atoms with Gasteiger partial charge in [-0.05, 0) is 93.9 Å². The van der Waals surface area contributed by atoms with Crippen LogP contribution < -0.4 is 20.7 Å². The molecule has 2 amide bonds. The number of nitrogens with zero attached hydrogens (tertiary/aromatic N) is 2. The third-order valence-corrected chi connectivity index (χ3v) is 5.34.